The standard InChI is InChI=1S/C28H28N2O7/c1-15(2)20-14-30(27(35)29-26(20)34)21-13-28(36,24(33)19-11-7-17(4)8-12-19)25(37-21)23(32)22(31)18-9-5-16(3)6-10-18/h5-12,14,21,23,25,32,36H,1,13H2,2-4H3,(H,29,34,35)/t21-,23?,25-,28-/m1/s1. The second kappa shape index (κ2) is 9.85. The number of hydrogen-bond acceptors (Lipinski definition) is 7. The van der Waals surface area contributed by atoms with E-state index in [0.29, 0.717) is 5.57 Å². The Kier molecular flexibility index (Phi) is 6.96. The van der Waals surface area contributed by atoms with Crippen molar-refractivity contribution >= 4 is 17.1 Å². The molecule has 1 aliphatic heterocycles. The Balaban J connectivity index is 1.79. The molecule has 0 amide bonds. The van der Waals surface area contributed by atoms with Gasteiger partial charge in [0.2, 0.25) is 0 Å². The van der Waals surface area contributed by atoms with E-state index in [4.69, 9.17) is 4.74 Å². The van der Waals surface area contributed by atoms with Gasteiger partial charge in [-0.2, -0.15) is 0 Å². The van der Waals surface area contributed by atoms with Crippen LogP contribution in [0.1, 0.15) is 57.0 Å². The Labute approximate surface area is 212 Å². The minimum atomic E-state index is -2.36. The van der Waals surface area contributed by atoms with Crippen LogP contribution in [0, 0.1) is 13.8 Å². The van der Waals surface area contributed by atoms with Gasteiger partial charge >= 0.3 is 5.69 Å². The van der Waals surface area contributed by atoms with Crippen molar-refractivity contribution in [3.8, 4) is 0 Å². The lowest BCUT2D eigenvalue weighted by Gasteiger charge is -2.29. The van der Waals surface area contributed by atoms with Gasteiger partial charge in [-0.25, -0.2) is 4.79 Å². The Morgan fingerprint density at radius 2 is 1.59 bits per heavy atom. The minimum Gasteiger partial charge on any atom is -0.382 e. The van der Waals surface area contributed by atoms with Crippen molar-refractivity contribution in [1.29, 1.82) is 0 Å². The molecule has 9 heteroatoms. The number of aromatic amines is 1. The molecule has 1 unspecified atom stereocenters. The Morgan fingerprint density at radius 3 is 2.14 bits per heavy atom. The Bertz CT molecular complexity index is 1480. The van der Waals surface area contributed by atoms with Crippen LogP contribution in [-0.4, -0.2) is 49.1 Å². The number of aromatic nitrogens is 2. The van der Waals surface area contributed by atoms with Crippen LogP contribution in [0.25, 0.3) is 5.57 Å². The summed E-state index contributed by atoms with van der Waals surface area (Å²) in [6, 6.07) is 12.9. The first-order valence-electron chi connectivity index (χ1n) is 11.7. The number of benzene rings is 2. The van der Waals surface area contributed by atoms with Crippen LogP contribution in [0.5, 0.6) is 0 Å². The molecule has 1 saturated heterocycles. The number of nitrogens with zero attached hydrogens (tertiary/aromatic N) is 1. The van der Waals surface area contributed by atoms with Gasteiger partial charge < -0.3 is 14.9 Å². The number of H-pyrrole nitrogens is 1. The molecule has 0 radical (unpaired) electrons. The predicted octanol–water partition coefficient (Wildman–Crippen LogP) is 2.33. The highest BCUT2D eigenvalue weighted by atomic mass is 16.6. The number of aryl methyl sites for hydroxylation is 2. The number of rotatable bonds is 7. The summed E-state index contributed by atoms with van der Waals surface area (Å²) in [4.78, 5) is 53.7. The Hall–Kier alpha value is -3.92. The SMILES string of the molecule is C=C(C)c1cn([C@H]2C[C@@](O)(C(=O)c3ccc(C)cc3)[C@@H](C(O)C(=O)c3ccc(C)cc3)O2)c(=O)[nH]c1=O. The van der Waals surface area contributed by atoms with Crippen LogP contribution < -0.4 is 11.2 Å². The van der Waals surface area contributed by atoms with Crippen molar-refractivity contribution < 1.29 is 24.5 Å². The number of allylic oxidation sites excluding steroid dienone is 1. The molecule has 192 valence electrons. The molecule has 0 saturated carbocycles. The molecule has 1 fully saturated rings. The van der Waals surface area contributed by atoms with Crippen molar-refractivity contribution in [2.24, 2.45) is 0 Å². The zero-order valence-corrected chi connectivity index (χ0v) is 20.7. The van der Waals surface area contributed by atoms with Gasteiger partial charge in [-0.3, -0.25) is 23.9 Å². The number of hydrogen-bond donors (Lipinski definition) is 3. The van der Waals surface area contributed by atoms with Gasteiger partial charge in [0.25, 0.3) is 5.56 Å². The number of Topliss-reactive ketones (excluding diaryl/α,β-unsaturated/α-hetero) is 2. The fraction of sp³-hybridized carbons (Fsp3) is 0.286. The monoisotopic (exact) mass is 504 g/mol. The van der Waals surface area contributed by atoms with E-state index in [1.165, 1.54) is 30.5 Å². The van der Waals surface area contributed by atoms with E-state index in [1.807, 2.05) is 13.8 Å². The first-order valence-corrected chi connectivity index (χ1v) is 11.7. The van der Waals surface area contributed by atoms with Gasteiger partial charge in [-0.1, -0.05) is 66.2 Å². The van der Waals surface area contributed by atoms with E-state index in [0.717, 1.165) is 15.7 Å². The molecule has 0 bridgehead atoms. The van der Waals surface area contributed by atoms with Crippen LogP contribution in [0.2, 0.25) is 0 Å². The summed E-state index contributed by atoms with van der Waals surface area (Å²) < 4.78 is 6.90. The summed E-state index contributed by atoms with van der Waals surface area (Å²) in [6.45, 7) is 8.99. The van der Waals surface area contributed by atoms with Crippen LogP contribution in [-0.2, 0) is 4.74 Å². The lowest BCUT2D eigenvalue weighted by Crippen LogP contribution is -2.53. The number of aliphatic hydroxyl groups excluding tert-OH is 1. The predicted molar refractivity (Wildman–Crippen MR) is 137 cm³/mol. The first-order chi connectivity index (χ1) is 17.4. The zero-order valence-electron chi connectivity index (χ0n) is 20.7. The van der Waals surface area contributed by atoms with E-state index < -0.39 is 53.3 Å². The van der Waals surface area contributed by atoms with Crippen molar-refractivity contribution in [1.82, 2.24) is 9.55 Å². The third kappa shape index (κ3) is 4.89. The molecule has 4 atom stereocenters. The number of nitrogens with one attached hydrogen (secondary N) is 1. The molecule has 0 spiro atoms. The molecule has 3 N–H and O–H groups in total. The minimum absolute atomic E-state index is 0.108. The van der Waals surface area contributed by atoms with Crippen LogP contribution in [0.15, 0.2) is 70.9 Å². The molecule has 2 heterocycles. The topological polar surface area (TPSA) is 139 Å². The molecule has 4 rings (SSSR count). The maximum atomic E-state index is 13.6. The first kappa shape index (κ1) is 26.2. The molecule has 9 nitrogen and oxygen atoms in total. The van der Waals surface area contributed by atoms with Crippen LogP contribution in [0.4, 0.5) is 0 Å². The molecule has 1 aliphatic rings. The van der Waals surface area contributed by atoms with Gasteiger partial charge in [0.05, 0.1) is 5.56 Å². The summed E-state index contributed by atoms with van der Waals surface area (Å²) in [5, 5.41) is 22.8. The number of ether oxygens (including phenoxy) is 1. The van der Waals surface area contributed by atoms with Gasteiger partial charge in [0.15, 0.2) is 17.2 Å². The molecule has 0 aliphatic carbocycles. The van der Waals surface area contributed by atoms with Gasteiger partial charge in [-0.05, 0) is 26.3 Å². The largest absolute Gasteiger partial charge is 0.382 e. The summed E-state index contributed by atoms with van der Waals surface area (Å²) >= 11 is 0. The van der Waals surface area contributed by atoms with E-state index in [1.54, 1.807) is 31.2 Å². The summed E-state index contributed by atoms with van der Waals surface area (Å²) in [5.74, 6) is -1.52. The number of carbonyl (C=O) groups is 2. The Morgan fingerprint density at radius 1 is 1.05 bits per heavy atom. The summed E-state index contributed by atoms with van der Waals surface area (Å²) in [5.41, 5.74) is -1.26. The molecular weight excluding hydrogens is 476 g/mol. The van der Waals surface area contributed by atoms with E-state index in [2.05, 4.69) is 11.6 Å². The summed E-state index contributed by atoms with van der Waals surface area (Å²) in [6.07, 6.45) is -4.13. The van der Waals surface area contributed by atoms with Crippen molar-refractivity contribution in [3.63, 3.8) is 0 Å². The maximum Gasteiger partial charge on any atom is 0.330 e. The number of ketones is 2. The van der Waals surface area contributed by atoms with Crippen molar-refractivity contribution in [2.45, 2.75) is 51.2 Å². The molecule has 1 aromatic heterocycles. The van der Waals surface area contributed by atoms with E-state index in [9.17, 15) is 29.4 Å². The smallest absolute Gasteiger partial charge is 0.330 e. The lowest BCUT2D eigenvalue weighted by atomic mass is 9.82. The van der Waals surface area contributed by atoms with Gasteiger partial charge in [0.1, 0.15) is 18.4 Å². The second-order valence-electron chi connectivity index (χ2n) is 9.50. The average Bonchev–Trinajstić information content (AvgIpc) is 3.21. The summed E-state index contributed by atoms with van der Waals surface area (Å²) in [7, 11) is 0. The molecule has 2 aromatic carbocycles. The van der Waals surface area contributed by atoms with Crippen molar-refractivity contribution in [3.05, 3.63) is 110 Å². The molecule has 37 heavy (non-hydrogen) atoms. The third-order valence-electron chi connectivity index (χ3n) is 6.60. The van der Waals surface area contributed by atoms with Crippen LogP contribution >= 0.6 is 0 Å². The highest BCUT2D eigenvalue weighted by Crippen LogP contribution is 2.40. The third-order valence-corrected chi connectivity index (χ3v) is 6.60. The fourth-order valence-corrected chi connectivity index (χ4v) is 4.42. The van der Waals surface area contributed by atoms with Gasteiger partial charge in [-0.15, -0.1) is 0 Å². The highest BCUT2D eigenvalue weighted by molar-refractivity contribution is 6.05. The number of carbonyl (C=O) groups excluding carboxylic acids is 2. The quantitative estimate of drug-likeness (QED) is 0.420. The number of aliphatic hydroxyl groups is 2. The lowest BCUT2D eigenvalue weighted by molar-refractivity contribution is -0.0915. The van der Waals surface area contributed by atoms with E-state index >= 15 is 0 Å². The van der Waals surface area contributed by atoms with Crippen LogP contribution in [0.3, 0.4) is 0 Å². The highest BCUT2D eigenvalue weighted by Gasteiger charge is 2.57. The van der Waals surface area contributed by atoms with Gasteiger partial charge in [0, 0.05) is 23.7 Å². The average molecular weight is 505 g/mol. The molecular formula is C28H28N2O7. The fourth-order valence-electron chi connectivity index (χ4n) is 4.42. The molecule has 3 aromatic rings. The second-order valence-corrected chi connectivity index (χ2v) is 9.50. The maximum absolute atomic E-state index is 13.6. The zero-order chi connectivity index (χ0) is 27.1. The van der Waals surface area contributed by atoms with E-state index in [-0.39, 0.29) is 16.7 Å². The normalized spacial score (nSPS) is 22.0. The van der Waals surface area contributed by atoms with Crippen molar-refractivity contribution in [2.75, 3.05) is 0 Å².